The van der Waals surface area contributed by atoms with Crippen molar-refractivity contribution in [1.29, 1.82) is 0 Å². The molecule has 8 heteroatoms. The van der Waals surface area contributed by atoms with Crippen LogP contribution in [0.15, 0.2) is 6.07 Å². The Balaban J connectivity index is 2.02. The van der Waals surface area contributed by atoms with Gasteiger partial charge in [0.25, 0.3) is 0 Å². The Morgan fingerprint density at radius 2 is 2.20 bits per heavy atom. The molecule has 1 aliphatic rings. The number of hydrogen-bond acceptors (Lipinski definition) is 3. The molecule has 0 unspecified atom stereocenters. The minimum Gasteiger partial charge on any atom is -0.355 e. The number of amides is 1. The smallest absolute Gasteiger partial charge is 0.355 e. The molecule has 1 aliphatic carbocycles. The van der Waals surface area contributed by atoms with Gasteiger partial charge in [-0.05, 0) is 18.9 Å². The minimum atomic E-state index is -4.44. The van der Waals surface area contributed by atoms with Crippen LogP contribution in [0.3, 0.4) is 0 Å². The van der Waals surface area contributed by atoms with Crippen LogP contribution in [-0.2, 0) is 17.5 Å². The Morgan fingerprint density at radius 3 is 2.75 bits per heavy atom. The largest absolute Gasteiger partial charge is 0.435 e. The molecular weight excluding hydrogens is 291 g/mol. The van der Waals surface area contributed by atoms with Crippen LogP contribution >= 0.6 is 12.6 Å². The summed E-state index contributed by atoms with van der Waals surface area (Å²) in [5.41, 5.74) is -0.297. The van der Waals surface area contributed by atoms with Crippen molar-refractivity contribution in [3.63, 3.8) is 0 Å². The maximum absolute atomic E-state index is 12.7. The van der Waals surface area contributed by atoms with Crippen molar-refractivity contribution in [2.45, 2.75) is 37.9 Å². The van der Waals surface area contributed by atoms with Crippen LogP contribution in [0.25, 0.3) is 0 Å². The molecule has 0 radical (unpaired) electrons. The number of carbonyl (C=O) groups is 1. The Hall–Kier alpha value is -1.18. The molecule has 4 nitrogen and oxygen atoms in total. The van der Waals surface area contributed by atoms with Gasteiger partial charge in [-0.25, -0.2) is 0 Å². The molecule has 1 saturated carbocycles. The van der Waals surface area contributed by atoms with E-state index in [1.165, 1.54) is 4.68 Å². The Morgan fingerprint density at radius 1 is 1.50 bits per heavy atom. The van der Waals surface area contributed by atoms with Crippen LogP contribution < -0.4 is 5.32 Å². The van der Waals surface area contributed by atoms with Crippen molar-refractivity contribution in [2.24, 2.45) is 0 Å². The minimum absolute atomic E-state index is 0.118. The molecule has 0 bridgehead atoms. The third-order valence-electron chi connectivity index (χ3n) is 3.08. The standard InChI is InChI=1S/C12H16F3N3OS/c13-12(14,15)10-7-9(8-1-2-8)18(17-10)5-3-11(19)16-4-6-20/h7-8,20H,1-6H2,(H,16,19). The van der Waals surface area contributed by atoms with E-state index in [0.29, 0.717) is 18.0 Å². The number of aromatic nitrogens is 2. The normalized spacial score (nSPS) is 15.4. The molecule has 20 heavy (non-hydrogen) atoms. The summed E-state index contributed by atoms with van der Waals surface area (Å²) in [5.74, 6) is 0.475. The summed E-state index contributed by atoms with van der Waals surface area (Å²) in [6.45, 7) is 0.616. The van der Waals surface area contributed by atoms with Crippen LogP contribution in [0, 0.1) is 0 Å². The van der Waals surface area contributed by atoms with E-state index in [-0.39, 0.29) is 24.8 Å². The van der Waals surface area contributed by atoms with Gasteiger partial charge >= 0.3 is 6.18 Å². The Labute approximate surface area is 120 Å². The summed E-state index contributed by atoms with van der Waals surface area (Å²) in [6.07, 6.45) is -2.56. The molecule has 1 fully saturated rings. The van der Waals surface area contributed by atoms with Gasteiger partial charge in [0.1, 0.15) is 0 Å². The number of aryl methyl sites for hydroxylation is 1. The first-order valence-corrected chi connectivity index (χ1v) is 7.07. The lowest BCUT2D eigenvalue weighted by Crippen LogP contribution is -2.26. The van der Waals surface area contributed by atoms with Gasteiger partial charge in [-0.15, -0.1) is 0 Å². The molecule has 1 amide bonds. The van der Waals surface area contributed by atoms with Gasteiger partial charge in [-0.3, -0.25) is 9.48 Å². The van der Waals surface area contributed by atoms with Gasteiger partial charge < -0.3 is 5.32 Å². The maximum atomic E-state index is 12.7. The van der Waals surface area contributed by atoms with Crippen molar-refractivity contribution in [2.75, 3.05) is 12.3 Å². The molecule has 1 aromatic rings. The van der Waals surface area contributed by atoms with E-state index in [9.17, 15) is 18.0 Å². The molecular formula is C12H16F3N3OS. The molecule has 2 rings (SSSR count). The highest BCUT2D eigenvalue weighted by molar-refractivity contribution is 7.80. The quantitative estimate of drug-likeness (QED) is 0.792. The number of hydrogen-bond donors (Lipinski definition) is 2. The third-order valence-corrected chi connectivity index (χ3v) is 3.31. The Kier molecular flexibility index (Phi) is 4.62. The summed E-state index contributed by atoms with van der Waals surface area (Å²) < 4.78 is 39.3. The lowest BCUT2D eigenvalue weighted by Gasteiger charge is -2.07. The van der Waals surface area contributed by atoms with E-state index in [4.69, 9.17) is 0 Å². The number of thiol groups is 1. The van der Waals surface area contributed by atoms with Crippen molar-refractivity contribution >= 4 is 18.5 Å². The van der Waals surface area contributed by atoms with Gasteiger partial charge in [0.2, 0.25) is 5.91 Å². The fourth-order valence-corrected chi connectivity index (χ4v) is 2.06. The zero-order valence-corrected chi connectivity index (χ0v) is 11.7. The summed E-state index contributed by atoms with van der Waals surface area (Å²) in [4.78, 5) is 11.5. The van der Waals surface area contributed by atoms with Crippen LogP contribution in [0.2, 0.25) is 0 Å². The van der Waals surface area contributed by atoms with E-state index in [1.54, 1.807) is 0 Å². The van der Waals surface area contributed by atoms with E-state index < -0.39 is 11.9 Å². The summed E-state index contributed by atoms with van der Waals surface area (Å²) in [6, 6.07) is 1.10. The second-order valence-corrected chi connectivity index (χ2v) is 5.22. The fraction of sp³-hybridized carbons (Fsp3) is 0.667. The van der Waals surface area contributed by atoms with Gasteiger partial charge in [0, 0.05) is 36.9 Å². The molecule has 1 aromatic heterocycles. The van der Waals surface area contributed by atoms with Crippen LogP contribution in [0.5, 0.6) is 0 Å². The van der Waals surface area contributed by atoms with Gasteiger partial charge in [-0.1, -0.05) is 0 Å². The molecule has 1 N–H and O–H groups in total. The van der Waals surface area contributed by atoms with E-state index in [1.807, 2.05) is 0 Å². The number of halogens is 3. The summed E-state index contributed by atoms with van der Waals surface area (Å²) in [7, 11) is 0. The average molecular weight is 307 g/mol. The molecule has 112 valence electrons. The monoisotopic (exact) mass is 307 g/mol. The fourth-order valence-electron chi connectivity index (χ4n) is 1.95. The third kappa shape index (κ3) is 3.91. The molecule has 0 spiro atoms. The number of alkyl halides is 3. The second kappa shape index (κ2) is 6.07. The van der Waals surface area contributed by atoms with E-state index in [0.717, 1.165) is 18.9 Å². The SMILES string of the molecule is O=C(CCn1nc(C(F)(F)F)cc1C1CC1)NCCS. The summed E-state index contributed by atoms with van der Waals surface area (Å²) in [5, 5.41) is 6.22. The van der Waals surface area contributed by atoms with E-state index >= 15 is 0 Å². The molecule has 1 heterocycles. The zero-order chi connectivity index (χ0) is 14.8. The van der Waals surface area contributed by atoms with Crippen molar-refractivity contribution in [3.8, 4) is 0 Å². The topological polar surface area (TPSA) is 46.9 Å². The number of nitrogens with one attached hydrogen (secondary N) is 1. The second-order valence-electron chi connectivity index (χ2n) is 4.77. The molecule has 0 aromatic carbocycles. The zero-order valence-electron chi connectivity index (χ0n) is 10.8. The highest BCUT2D eigenvalue weighted by Gasteiger charge is 2.37. The number of carbonyl (C=O) groups excluding carboxylic acids is 1. The van der Waals surface area contributed by atoms with Gasteiger partial charge in [-0.2, -0.15) is 30.9 Å². The molecule has 0 atom stereocenters. The highest BCUT2D eigenvalue weighted by atomic mass is 32.1. The molecule has 0 aliphatic heterocycles. The van der Waals surface area contributed by atoms with Gasteiger partial charge in [0.15, 0.2) is 5.69 Å². The lowest BCUT2D eigenvalue weighted by atomic mass is 10.2. The lowest BCUT2D eigenvalue weighted by molar-refractivity contribution is -0.141. The first kappa shape index (κ1) is 15.2. The predicted molar refractivity (Wildman–Crippen MR) is 70.7 cm³/mol. The first-order chi connectivity index (χ1) is 9.41. The number of nitrogens with zero attached hydrogens (tertiary/aromatic N) is 2. The number of rotatable bonds is 6. The van der Waals surface area contributed by atoms with Crippen molar-refractivity contribution in [3.05, 3.63) is 17.5 Å². The van der Waals surface area contributed by atoms with Gasteiger partial charge in [0.05, 0.1) is 0 Å². The molecule has 0 saturated heterocycles. The van der Waals surface area contributed by atoms with Crippen LogP contribution in [0.1, 0.15) is 36.6 Å². The Bertz CT molecular complexity index is 483. The average Bonchev–Trinajstić information content (AvgIpc) is 3.12. The van der Waals surface area contributed by atoms with E-state index in [2.05, 4.69) is 23.0 Å². The maximum Gasteiger partial charge on any atom is 0.435 e. The first-order valence-electron chi connectivity index (χ1n) is 6.44. The summed E-state index contributed by atoms with van der Waals surface area (Å²) >= 11 is 3.96. The van der Waals surface area contributed by atoms with Crippen molar-refractivity contribution in [1.82, 2.24) is 15.1 Å². The predicted octanol–water partition coefficient (Wildman–Crippen LogP) is 2.22. The van der Waals surface area contributed by atoms with Crippen LogP contribution in [0.4, 0.5) is 13.2 Å². The van der Waals surface area contributed by atoms with Crippen LogP contribution in [-0.4, -0.2) is 28.0 Å². The highest BCUT2D eigenvalue weighted by Crippen LogP contribution is 2.42. The van der Waals surface area contributed by atoms with Crippen molar-refractivity contribution < 1.29 is 18.0 Å².